The molecular formula is C30H32O20. The van der Waals surface area contributed by atoms with Crippen molar-refractivity contribution in [2.75, 3.05) is 13.2 Å². The van der Waals surface area contributed by atoms with Gasteiger partial charge in [0, 0.05) is 17.7 Å². The van der Waals surface area contributed by atoms with Crippen molar-refractivity contribution in [3.63, 3.8) is 0 Å². The van der Waals surface area contributed by atoms with Gasteiger partial charge >= 0.3 is 11.9 Å². The van der Waals surface area contributed by atoms with Gasteiger partial charge in [0.15, 0.2) is 17.3 Å². The van der Waals surface area contributed by atoms with Crippen LogP contribution in [0.15, 0.2) is 39.5 Å². The average Bonchev–Trinajstić information content (AvgIpc) is 3.05. The number of benzene rings is 2. The Morgan fingerprint density at radius 1 is 0.760 bits per heavy atom. The molecule has 0 spiro atoms. The Bertz CT molecular complexity index is 1790. The zero-order valence-electron chi connectivity index (χ0n) is 25.4. The number of carboxylic acid groups (broad SMARTS) is 1. The number of fused-ring (bicyclic) bond motifs is 1. The van der Waals surface area contributed by atoms with E-state index in [2.05, 4.69) is 0 Å². The van der Waals surface area contributed by atoms with Crippen LogP contribution in [0, 0.1) is 0 Å². The molecule has 0 unspecified atom stereocenters. The largest absolute Gasteiger partial charge is 0.508 e. The van der Waals surface area contributed by atoms with E-state index in [0.717, 1.165) is 24.3 Å². The van der Waals surface area contributed by atoms with Crippen molar-refractivity contribution in [1.82, 2.24) is 0 Å². The highest BCUT2D eigenvalue weighted by atomic mass is 16.7. The first-order valence-electron chi connectivity index (χ1n) is 14.7. The highest BCUT2D eigenvalue weighted by Gasteiger charge is 2.47. The van der Waals surface area contributed by atoms with E-state index in [1.807, 2.05) is 0 Å². The topological polar surface area (TPSA) is 333 Å². The maximum Gasteiger partial charge on any atom is 0.317 e. The minimum Gasteiger partial charge on any atom is -0.508 e. The van der Waals surface area contributed by atoms with E-state index in [-0.39, 0.29) is 16.9 Å². The summed E-state index contributed by atoms with van der Waals surface area (Å²) in [4.78, 5) is 36.2. The van der Waals surface area contributed by atoms with Gasteiger partial charge in [0.25, 0.3) is 0 Å². The van der Waals surface area contributed by atoms with Crippen molar-refractivity contribution in [2.45, 2.75) is 67.8 Å². The first-order valence-corrected chi connectivity index (χ1v) is 14.7. The number of aliphatic hydroxyl groups is 7. The number of ether oxygens (including phenoxy) is 5. The van der Waals surface area contributed by atoms with Crippen LogP contribution in [0.25, 0.3) is 22.3 Å². The molecule has 5 rings (SSSR count). The number of aliphatic hydroxyl groups excluding tert-OH is 7. The normalized spacial score (nSPS) is 29.7. The predicted molar refractivity (Wildman–Crippen MR) is 158 cm³/mol. The first-order chi connectivity index (χ1) is 23.6. The summed E-state index contributed by atoms with van der Waals surface area (Å²) in [5.74, 6) is -6.42. The zero-order valence-corrected chi connectivity index (χ0v) is 25.4. The Hall–Kier alpha value is -4.77. The van der Waals surface area contributed by atoms with Gasteiger partial charge < -0.3 is 84.3 Å². The fourth-order valence-electron chi connectivity index (χ4n) is 5.23. The number of phenols is 3. The molecule has 10 atom stereocenters. The van der Waals surface area contributed by atoms with Gasteiger partial charge in [-0.2, -0.15) is 0 Å². The molecule has 11 N–H and O–H groups in total. The van der Waals surface area contributed by atoms with Gasteiger partial charge in [-0.05, 0) is 18.2 Å². The molecule has 3 aromatic rings. The van der Waals surface area contributed by atoms with Crippen LogP contribution in [0.3, 0.4) is 0 Å². The second kappa shape index (κ2) is 14.6. The van der Waals surface area contributed by atoms with Crippen LogP contribution in [0.4, 0.5) is 0 Å². The van der Waals surface area contributed by atoms with Gasteiger partial charge in [0.1, 0.15) is 84.3 Å². The summed E-state index contributed by atoms with van der Waals surface area (Å²) < 4.78 is 32.4. The average molecular weight is 713 g/mol. The number of carbonyl (C=O) groups excluding carboxylic acids is 1. The molecule has 0 saturated carbocycles. The van der Waals surface area contributed by atoms with Crippen LogP contribution in [0.1, 0.15) is 6.42 Å². The van der Waals surface area contributed by atoms with Gasteiger partial charge in [-0.3, -0.25) is 14.4 Å². The summed E-state index contributed by atoms with van der Waals surface area (Å²) in [5.41, 5.74) is -1.67. The number of aromatic hydroxyl groups is 3. The number of rotatable bonds is 10. The predicted octanol–water partition coefficient (Wildman–Crippen LogP) is -3.04. The van der Waals surface area contributed by atoms with Crippen molar-refractivity contribution < 1.29 is 93.9 Å². The monoisotopic (exact) mass is 712 g/mol. The number of esters is 1. The molecule has 2 saturated heterocycles. The van der Waals surface area contributed by atoms with E-state index in [9.17, 15) is 65.4 Å². The van der Waals surface area contributed by atoms with Gasteiger partial charge in [-0.1, -0.05) is 0 Å². The lowest BCUT2D eigenvalue weighted by molar-refractivity contribution is -0.278. The van der Waals surface area contributed by atoms with Gasteiger partial charge in [-0.25, -0.2) is 0 Å². The van der Waals surface area contributed by atoms with E-state index in [1.165, 1.54) is 6.07 Å². The quantitative estimate of drug-likeness (QED) is 0.0735. The van der Waals surface area contributed by atoms with Gasteiger partial charge in [0.2, 0.25) is 23.8 Å². The fourth-order valence-corrected chi connectivity index (χ4v) is 5.23. The highest BCUT2D eigenvalue weighted by Crippen LogP contribution is 2.40. The van der Waals surface area contributed by atoms with E-state index in [1.54, 1.807) is 0 Å². The molecule has 20 nitrogen and oxygen atoms in total. The van der Waals surface area contributed by atoms with Crippen molar-refractivity contribution >= 4 is 22.9 Å². The lowest BCUT2D eigenvalue weighted by atomic mass is 9.99. The van der Waals surface area contributed by atoms with E-state index >= 15 is 0 Å². The maximum absolute atomic E-state index is 13.8. The molecule has 2 aliphatic heterocycles. The zero-order chi connectivity index (χ0) is 36.6. The van der Waals surface area contributed by atoms with E-state index < -0.39 is 133 Å². The van der Waals surface area contributed by atoms with Gasteiger partial charge in [-0.15, -0.1) is 0 Å². The van der Waals surface area contributed by atoms with Gasteiger partial charge in [0.05, 0.1) is 6.61 Å². The minimum atomic E-state index is -2.07. The summed E-state index contributed by atoms with van der Waals surface area (Å²) in [5, 5.41) is 111. The second-order valence-corrected chi connectivity index (χ2v) is 11.3. The number of carbonyl (C=O) groups is 2. The lowest BCUT2D eigenvalue weighted by Gasteiger charge is -2.39. The van der Waals surface area contributed by atoms with Crippen LogP contribution in [0.5, 0.6) is 28.7 Å². The summed E-state index contributed by atoms with van der Waals surface area (Å²) in [6.45, 7) is -1.57. The van der Waals surface area contributed by atoms with Crippen molar-refractivity contribution in [3.8, 4) is 40.1 Å². The molecule has 50 heavy (non-hydrogen) atoms. The second-order valence-electron chi connectivity index (χ2n) is 11.3. The number of phenolic OH excluding ortho intramolecular Hbond substituents is 3. The Labute approximate surface area is 278 Å². The summed E-state index contributed by atoms with van der Waals surface area (Å²) >= 11 is 0. The molecular weight excluding hydrogens is 680 g/mol. The SMILES string of the molecule is O=C(O)CC(=O)OC[C@H]1O[C@@H](Oc2c(-c3ccc(O[C@@H]4O[C@H](CO)[C@@H](O)[C@H](O)[C@H]4O)c(O)c3)oc3cc(O)cc(O)c3c2=O)[C@H](O)[C@@H](O)[C@@H]1O. The number of aliphatic carboxylic acids is 1. The Balaban J connectivity index is 1.50. The molecule has 2 aromatic carbocycles. The third-order valence-electron chi connectivity index (χ3n) is 7.84. The minimum absolute atomic E-state index is 0.162. The molecule has 0 aliphatic carbocycles. The van der Waals surface area contributed by atoms with Crippen LogP contribution in [-0.2, 0) is 23.8 Å². The number of hydrogen-bond donors (Lipinski definition) is 11. The highest BCUT2D eigenvalue weighted by molar-refractivity contribution is 5.90. The number of carboxylic acids is 1. The van der Waals surface area contributed by atoms with Crippen molar-refractivity contribution in [1.29, 1.82) is 0 Å². The Morgan fingerprint density at radius 2 is 1.38 bits per heavy atom. The molecule has 0 amide bonds. The first kappa shape index (κ1) is 36.5. The maximum atomic E-state index is 13.8. The third-order valence-corrected chi connectivity index (χ3v) is 7.84. The fraction of sp³-hybridized carbons (Fsp3) is 0.433. The molecule has 2 aliphatic rings. The smallest absolute Gasteiger partial charge is 0.317 e. The van der Waals surface area contributed by atoms with Crippen LogP contribution in [-0.4, -0.2) is 143 Å². The standard InChI is InChI=1S/C30H32O20/c31-7-15-20(38)23(41)25(43)29(48-15)47-13-2-1-9(3-11(13)33)27-28(22(40)19-12(34)4-10(32)5-14(19)46-27)50-30-26(44)24(42)21(39)16(49-30)8-45-18(37)6-17(35)36/h1-5,15-16,20-21,23-26,29-34,38-39,41-44H,6-8H2,(H,35,36)/t15-,16-,20-,21-,23+,24+,25-,26-,29-,30+/m1/s1. The van der Waals surface area contributed by atoms with E-state index in [0.29, 0.717) is 0 Å². The van der Waals surface area contributed by atoms with E-state index in [4.69, 9.17) is 33.2 Å². The summed E-state index contributed by atoms with van der Waals surface area (Å²) in [7, 11) is 0. The third kappa shape index (κ3) is 7.23. The molecule has 3 heterocycles. The van der Waals surface area contributed by atoms with Crippen LogP contribution >= 0.6 is 0 Å². The van der Waals surface area contributed by atoms with Crippen LogP contribution < -0.4 is 14.9 Å². The lowest BCUT2D eigenvalue weighted by Crippen LogP contribution is -2.60. The molecule has 2 fully saturated rings. The molecule has 272 valence electrons. The summed E-state index contributed by atoms with van der Waals surface area (Å²) in [6, 6.07) is 5.01. The molecule has 20 heteroatoms. The Morgan fingerprint density at radius 3 is 2.00 bits per heavy atom. The molecule has 1 aromatic heterocycles. The Kier molecular flexibility index (Phi) is 10.7. The molecule has 0 bridgehead atoms. The van der Waals surface area contributed by atoms with Crippen LogP contribution in [0.2, 0.25) is 0 Å². The number of hydrogen-bond acceptors (Lipinski definition) is 19. The van der Waals surface area contributed by atoms with Crippen molar-refractivity contribution in [2.24, 2.45) is 0 Å². The van der Waals surface area contributed by atoms with Crippen molar-refractivity contribution in [3.05, 3.63) is 40.6 Å². The molecule has 0 radical (unpaired) electrons. The summed E-state index contributed by atoms with van der Waals surface area (Å²) in [6.07, 6.45) is -19.0.